The Morgan fingerprint density at radius 1 is 1.21 bits per heavy atom. The maximum Gasteiger partial charge on any atom is 0.317 e. The van der Waals surface area contributed by atoms with Gasteiger partial charge in [-0.1, -0.05) is 39.8 Å². The third kappa shape index (κ3) is 5.96. The van der Waals surface area contributed by atoms with Crippen LogP contribution in [0, 0.1) is 0 Å². The van der Waals surface area contributed by atoms with Gasteiger partial charge in [0.25, 0.3) is 5.91 Å². The Labute approximate surface area is 168 Å². The summed E-state index contributed by atoms with van der Waals surface area (Å²) in [5, 5.41) is 9.04. The lowest BCUT2D eigenvalue weighted by atomic mass is 9.87. The summed E-state index contributed by atoms with van der Waals surface area (Å²) in [4.78, 5) is 27.6. The number of carbonyl (C=O) groups excluding carboxylic acids is 1. The lowest BCUT2D eigenvalue weighted by Gasteiger charge is -2.38. The van der Waals surface area contributed by atoms with Crippen molar-refractivity contribution in [3.8, 4) is 5.75 Å². The Bertz CT molecular complexity index is 658. The lowest BCUT2D eigenvalue weighted by Crippen LogP contribution is -2.50. The number of piperidine rings is 1. The zero-order valence-electron chi connectivity index (χ0n) is 17.8. The minimum atomic E-state index is -0.806. The van der Waals surface area contributed by atoms with Gasteiger partial charge in [-0.15, -0.1) is 0 Å². The average molecular weight is 391 g/mol. The minimum absolute atomic E-state index is 0.0142. The van der Waals surface area contributed by atoms with Crippen molar-refractivity contribution < 1.29 is 19.4 Å². The van der Waals surface area contributed by atoms with Crippen LogP contribution >= 0.6 is 0 Å². The van der Waals surface area contributed by atoms with E-state index in [-0.39, 0.29) is 23.9 Å². The van der Waals surface area contributed by atoms with E-state index in [4.69, 9.17) is 9.84 Å². The van der Waals surface area contributed by atoms with Gasteiger partial charge in [-0.25, -0.2) is 0 Å². The molecule has 1 fully saturated rings. The Balaban J connectivity index is 1.88. The Morgan fingerprint density at radius 2 is 1.79 bits per heavy atom. The fraction of sp³-hybridized carbons (Fsp3) is 0.636. The molecule has 156 valence electrons. The summed E-state index contributed by atoms with van der Waals surface area (Å²) in [5.41, 5.74) is 1.31. The zero-order valence-corrected chi connectivity index (χ0v) is 17.8. The number of likely N-dealkylation sites (N-methyl/N-ethyl adjacent to an activating group) is 1. The van der Waals surface area contributed by atoms with Gasteiger partial charge >= 0.3 is 5.97 Å². The summed E-state index contributed by atoms with van der Waals surface area (Å²) >= 11 is 0. The molecule has 1 N–H and O–H groups in total. The monoisotopic (exact) mass is 390 g/mol. The zero-order chi connectivity index (χ0) is 20.9. The summed E-state index contributed by atoms with van der Waals surface area (Å²) < 4.78 is 5.87. The highest BCUT2D eigenvalue weighted by Gasteiger charge is 2.30. The molecule has 1 aromatic carbocycles. The molecule has 1 saturated heterocycles. The molecule has 1 amide bonds. The summed E-state index contributed by atoms with van der Waals surface area (Å²) in [6, 6.07) is 8.13. The third-order valence-corrected chi connectivity index (χ3v) is 5.42. The predicted octanol–water partition coefficient (Wildman–Crippen LogP) is 3.15. The number of benzene rings is 1. The number of carbonyl (C=O) groups is 2. The van der Waals surface area contributed by atoms with Gasteiger partial charge in [-0.2, -0.15) is 0 Å². The third-order valence-electron chi connectivity index (χ3n) is 5.42. The topological polar surface area (TPSA) is 70.1 Å². The summed E-state index contributed by atoms with van der Waals surface area (Å²) in [6.45, 7) is 12.3. The normalized spacial score (nSPS) is 16.9. The van der Waals surface area contributed by atoms with Crippen LogP contribution in [0.4, 0.5) is 0 Å². The Kier molecular flexibility index (Phi) is 7.47. The minimum Gasteiger partial charge on any atom is -0.481 e. The van der Waals surface area contributed by atoms with Crippen molar-refractivity contribution >= 4 is 11.9 Å². The van der Waals surface area contributed by atoms with Gasteiger partial charge in [0.15, 0.2) is 6.10 Å². The van der Waals surface area contributed by atoms with Gasteiger partial charge in [-0.05, 0) is 49.4 Å². The van der Waals surface area contributed by atoms with E-state index in [0.717, 1.165) is 12.8 Å². The number of rotatable bonds is 7. The second-order valence-electron chi connectivity index (χ2n) is 8.55. The molecular formula is C22H34N2O4. The molecular weight excluding hydrogens is 356 g/mol. The Morgan fingerprint density at radius 3 is 2.25 bits per heavy atom. The molecule has 6 heteroatoms. The molecule has 1 heterocycles. The van der Waals surface area contributed by atoms with Crippen molar-refractivity contribution in [3.05, 3.63) is 29.8 Å². The first-order chi connectivity index (χ1) is 13.1. The van der Waals surface area contributed by atoms with Crippen LogP contribution in [0.2, 0.25) is 0 Å². The molecule has 6 nitrogen and oxygen atoms in total. The number of hydrogen-bond donors (Lipinski definition) is 1. The number of carboxylic acid groups (broad SMARTS) is 1. The van der Waals surface area contributed by atoms with Crippen LogP contribution in [0.25, 0.3) is 0 Å². The second-order valence-corrected chi connectivity index (χ2v) is 8.55. The number of nitrogens with zero attached hydrogens (tertiary/aromatic N) is 2. The van der Waals surface area contributed by atoms with Crippen molar-refractivity contribution in [2.24, 2.45) is 0 Å². The molecule has 1 aromatic rings. The molecule has 1 atom stereocenters. The standard InChI is InChI=1S/C22H34N2O4/c1-6-23(15-20(25)26)18-11-13-24(14-12-18)21(27)16(2)28-19-9-7-17(8-10-19)22(3,4)5/h7-10,16,18H,6,11-15H2,1-5H3,(H,25,26). The highest BCUT2D eigenvalue weighted by Crippen LogP contribution is 2.25. The van der Waals surface area contributed by atoms with Crippen molar-refractivity contribution in [1.82, 2.24) is 9.80 Å². The van der Waals surface area contributed by atoms with E-state index in [0.29, 0.717) is 25.4 Å². The van der Waals surface area contributed by atoms with Crippen LogP contribution in [-0.2, 0) is 15.0 Å². The average Bonchev–Trinajstić information content (AvgIpc) is 2.65. The number of ether oxygens (including phenoxy) is 1. The van der Waals surface area contributed by atoms with Crippen molar-refractivity contribution in [2.75, 3.05) is 26.2 Å². The number of carboxylic acids is 1. The molecule has 0 bridgehead atoms. The summed E-state index contributed by atoms with van der Waals surface area (Å²) in [5.74, 6) is -0.123. The van der Waals surface area contributed by atoms with Gasteiger partial charge in [0, 0.05) is 19.1 Å². The molecule has 0 saturated carbocycles. The van der Waals surface area contributed by atoms with E-state index >= 15 is 0 Å². The first kappa shape index (κ1) is 22.2. The fourth-order valence-electron chi connectivity index (χ4n) is 3.67. The highest BCUT2D eigenvalue weighted by atomic mass is 16.5. The smallest absolute Gasteiger partial charge is 0.317 e. The number of amides is 1. The molecule has 0 aliphatic carbocycles. The van der Waals surface area contributed by atoms with Gasteiger partial charge in [0.1, 0.15) is 5.75 Å². The molecule has 1 aliphatic rings. The van der Waals surface area contributed by atoms with Gasteiger partial charge in [0.2, 0.25) is 0 Å². The van der Waals surface area contributed by atoms with E-state index in [9.17, 15) is 9.59 Å². The Hall–Kier alpha value is -2.08. The van der Waals surface area contributed by atoms with Crippen molar-refractivity contribution in [2.45, 2.75) is 65.0 Å². The molecule has 28 heavy (non-hydrogen) atoms. The maximum absolute atomic E-state index is 12.7. The molecule has 0 spiro atoms. The van der Waals surface area contributed by atoms with Crippen LogP contribution < -0.4 is 4.74 Å². The van der Waals surface area contributed by atoms with Crippen molar-refractivity contribution in [1.29, 1.82) is 0 Å². The largest absolute Gasteiger partial charge is 0.481 e. The molecule has 2 rings (SSSR count). The van der Waals surface area contributed by atoms with E-state index in [1.165, 1.54) is 5.56 Å². The van der Waals surface area contributed by atoms with Crippen molar-refractivity contribution in [3.63, 3.8) is 0 Å². The molecule has 0 radical (unpaired) electrons. The number of likely N-dealkylation sites (tertiary alicyclic amines) is 1. The van der Waals surface area contributed by atoms with Crippen LogP contribution in [0.3, 0.4) is 0 Å². The first-order valence-electron chi connectivity index (χ1n) is 10.1. The summed E-state index contributed by atoms with van der Waals surface area (Å²) in [7, 11) is 0. The van der Waals surface area contributed by atoms with E-state index in [2.05, 4.69) is 20.8 Å². The first-order valence-corrected chi connectivity index (χ1v) is 10.1. The van der Waals surface area contributed by atoms with Gasteiger partial charge in [0.05, 0.1) is 6.54 Å². The van der Waals surface area contributed by atoms with E-state index in [1.807, 2.05) is 41.0 Å². The van der Waals surface area contributed by atoms with Crippen LogP contribution in [0.15, 0.2) is 24.3 Å². The second kappa shape index (κ2) is 9.41. The fourth-order valence-corrected chi connectivity index (χ4v) is 3.67. The molecule has 1 unspecified atom stereocenters. The highest BCUT2D eigenvalue weighted by molar-refractivity contribution is 5.81. The number of hydrogen-bond acceptors (Lipinski definition) is 4. The van der Waals surface area contributed by atoms with Crippen LogP contribution in [0.5, 0.6) is 5.75 Å². The van der Waals surface area contributed by atoms with E-state index in [1.54, 1.807) is 6.92 Å². The quantitative estimate of drug-likeness (QED) is 0.774. The van der Waals surface area contributed by atoms with E-state index < -0.39 is 12.1 Å². The molecule has 1 aliphatic heterocycles. The number of aliphatic carboxylic acids is 1. The van der Waals surface area contributed by atoms with Crippen LogP contribution in [-0.4, -0.2) is 65.1 Å². The van der Waals surface area contributed by atoms with Gasteiger partial charge < -0.3 is 14.7 Å². The summed E-state index contributed by atoms with van der Waals surface area (Å²) in [6.07, 6.45) is 1.04. The van der Waals surface area contributed by atoms with Gasteiger partial charge in [-0.3, -0.25) is 14.5 Å². The van der Waals surface area contributed by atoms with Crippen LogP contribution in [0.1, 0.15) is 53.0 Å². The SMILES string of the molecule is CCN(CC(=O)O)C1CCN(C(=O)C(C)Oc2ccc(C(C)(C)C)cc2)CC1. The predicted molar refractivity (Wildman–Crippen MR) is 110 cm³/mol. The maximum atomic E-state index is 12.7. The lowest BCUT2D eigenvalue weighted by molar-refractivity contribution is -0.142. The molecule has 0 aromatic heterocycles.